The van der Waals surface area contributed by atoms with Crippen LogP contribution < -0.4 is 23.7 Å². The van der Waals surface area contributed by atoms with Crippen LogP contribution in [0.5, 0.6) is 34.5 Å². The van der Waals surface area contributed by atoms with E-state index in [1.54, 1.807) is 39.0 Å². The number of hydrogen-bond donors (Lipinski definition) is 2. The van der Waals surface area contributed by atoms with Crippen molar-refractivity contribution in [2.75, 3.05) is 28.1 Å². The molecule has 216 valence electrons. The summed E-state index contributed by atoms with van der Waals surface area (Å²) in [6.45, 7) is 7.52. The van der Waals surface area contributed by atoms with E-state index in [0.29, 0.717) is 11.1 Å². The quantitative estimate of drug-likeness (QED) is 0.386. The smallest absolute Gasteiger partial charge is 0.334 e. The number of methoxy groups -OCH3 is 3. The first-order chi connectivity index (χ1) is 18.9. The number of rotatable bonds is 6. The van der Waals surface area contributed by atoms with E-state index in [4.69, 9.17) is 33.2 Å². The molecule has 2 aliphatic rings. The van der Waals surface area contributed by atoms with Gasteiger partial charge in [0.2, 0.25) is 18.3 Å². The van der Waals surface area contributed by atoms with Gasteiger partial charge in [0.15, 0.2) is 29.1 Å². The van der Waals surface area contributed by atoms with Crippen molar-refractivity contribution in [2.24, 2.45) is 5.92 Å². The Morgan fingerprint density at radius 3 is 2.25 bits per heavy atom. The second kappa shape index (κ2) is 10.8. The summed E-state index contributed by atoms with van der Waals surface area (Å²) in [5, 5.41) is 23.8. The van der Waals surface area contributed by atoms with Gasteiger partial charge in [-0.15, -0.1) is 0 Å². The van der Waals surface area contributed by atoms with Crippen molar-refractivity contribution in [3.63, 3.8) is 0 Å². The van der Waals surface area contributed by atoms with Crippen LogP contribution >= 0.6 is 0 Å². The number of ether oxygens (including phenoxy) is 7. The third kappa shape index (κ3) is 4.53. The maximum Gasteiger partial charge on any atom is 0.334 e. The molecule has 40 heavy (non-hydrogen) atoms. The van der Waals surface area contributed by atoms with Crippen LogP contribution in [0.25, 0.3) is 11.1 Å². The fourth-order valence-electron chi connectivity index (χ4n) is 5.15. The highest BCUT2D eigenvalue weighted by Crippen LogP contribution is 2.61. The molecule has 1 aliphatic heterocycles. The Labute approximate surface area is 232 Å². The molecule has 11 heteroatoms. The second-order valence-electron chi connectivity index (χ2n) is 9.83. The third-order valence-electron chi connectivity index (χ3n) is 7.55. The molecule has 0 aromatic heterocycles. The molecule has 4 rings (SSSR count). The minimum absolute atomic E-state index is 0.0707. The maximum absolute atomic E-state index is 13.1. The fourth-order valence-corrected chi connectivity index (χ4v) is 5.15. The lowest BCUT2D eigenvalue weighted by atomic mass is 9.71. The van der Waals surface area contributed by atoms with E-state index < -0.39 is 35.7 Å². The summed E-state index contributed by atoms with van der Waals surface area (Å²) in [5.74, 6) is -1.70. The molecule has 0 saturated heterocycles. The Hall–Kier alpha value is -4.12. The van der Waals surface area contributed by atoms with Gasteiger partial charge in [-0.1, -0.05) is 13.0 Å². The molecule has 2 aromatic rings. The molecule has 1 heterocycles. The summed E-state index contributed by atoms with van der Waals surface area (Å²) >= 11 is 0. The topological polar surface area (TPSA) is 139 Å². The Balaban J connectivity index is 2.22. The summed E-state index contributed by atoms with van der Waals surface area (Å²) in [4.78, 5) is 25.5. The van der Waals surface area contributed by atoms with Crippen molar-refractivity contribution < 1.29 is 53.0 Å². The number of carbonyl (C=O) groups is 2. The van der Waals surface area contributed by atoms with E-state index in [-0.39, 0.29) is 58.0 Å². The van der Waals surface area contributed by atoms with Gasteiger partial charge in [0.05, 0.1) is 21.3 Å². The minimum atomic E-state index is -1.84. The van der Waals surface area contributed by atoms with Gasteiger partial charge in [-0.05, 0) is 32.9 Å². The number of phenolic OH excluding ortho intramolecular Hbond substituents is 1. The molecule has 0 radical (unpaired) electrons. The Bertz CT molecular complexity index is 1380. The van der Waals surface area contributed by atoms with Crippen LogP contribution in [-0.2, 0) is 19.1 Å². The molecule has 0 saturated carbocycles. The van der Waals surface area contributed by atoms with E-state index in [1.807, 2.05) is 0 Å². The van der Waals surface area contributed by atoms with Gasteiger partial charge in [-0.3, -0.25) is 4.79 Å². The number of fused-ring (bicyclic) bond motifs is 4. The lowest BCUT2D eigenvalue weighted by Crippen LogP contribution is -2.46. The van der Waals surface area contributed by atoms with E-state index in [2.05, 4.69) is 0 Å². The van der Waals surface area contributed by atoms with E-state index in [9.17, 15) is 19.8 Å². The van der Waals surface area contributed by atoms with Crippen LogP contribution in [0.1, 0.15) is 58.0 Å². The highest BCUT2D eigenvalue weighted by molar-refractivity contribution is 5.91. The molecule has 0 amide bonds. The van der Waals surface area contributed by atoms with Gasteiger partial charge < -0.3 is 43.4 Å². The molecular formula is C29H34O11. The molecular weight excluding hydrogens is 524 g/mol. The number of hydrogen-bond acceptors (Lipinski definition) is 11. The van der Waals surface area contributed by atoms with Gasteiger partial charge in [0.25, 0.3) is 0 Å². The zero-order valence-corrected chi connectivity index (χ0v) is 23.7. The summed E-state index contributed by atoms with van der Waals surface area (Å²) in [6, 6.07) is 3.15. The average molecular weight is 559 g/mol. The van der Waals surface area contributed by atoms with Crippen LogP contribution in [0.3, 0.4) is 0 Å². The Kier molecular flexibility index (Phi) is 7.80. The summed E-state index contributed by atoms with van der Waals surface area (Å²) in [5.41, 5.74) is -0.596. The number of carbonyl (C=O) groups excluding carboxylic acids is 2. The molecule has 0 spiro atoms. The van der Waals surface area contributed by atoms with Gasteiger partial charge in [0, 0.05) is 40.7 Å². The minimum Gasteiger partial charge on any atom is -0.504 e. The predicted molar refractivity (Wildman–Crippen MR) is 142 cm³/mol. The molecule has 4 unspecified atom stereocenters. The van der Waals surface area contributed by atoms with Crippen LogP contribution in [0.2, 0.25) is 0 Å². The van der Waals surface area contributed by atoms with Gasteiger partial charge in [-0.25, -0.2) is 4.79 Å². The highest BCUT2D eigenvalue weighted by Gasteiger charge is 2.51. The Morgan fingerprint density at radius 2 is 1.68 bits per heavy atom. The fraction of sp³-hybridized carbons (Fsp3) is 0.448. The highest BCUT2D eigenvalue weighted by atomic mass is 16.7. The van der Waals surface area contributed by atoms with Crippen molar-refractivity contribution in [1.82, 2.24) is 0 Å². The van der Waals surface area contributed by atoms with E-state index in [1.165, 1.54) is 35.2 Å². The molecule has 0 fully saturated rings. The number of aromatic hydroxyl groups is 1. The largest absolute Gasteiger partial charge is 0.504 e. The molecule has 2 N–H and O–H groups in total. The van der Waals surface area contributed by atoms with E-state index >= 15 is 0 Å². The number of esters is 2. The molecule has 1 aliphatic carbocycles. The summed E-state index contributed by atoms with van der Waals surface area (Å²) in [6.07, 6.45) is -0.898. The zero-order valence-electron chi connectivity index (χ0n) is 23.7. The van der Waals surface area contributed by atoms with Crippen LogP contribution in [0.15, 0.2) is 23.8 Å². The second-order valence-corrected chi connectivity index (χ2v) is 9.83. The van der Waals surface area contributed by atoms with Crippen molar-refractivity contribution in [3.8, 4) is 45.6 Å². The van der Waals surface area contributed by atoms with Gasteiger partial charge in [0.1, 0.15) is 11.7 Å². The van der Waals surface area contributed by atoms with Crippen molar-refractivity contribution in [2.45, 2.75) is 52.4 Å². The van der Waals surface area contributed by atoms with Crippen LogP contribution in [0.4, 0.5) is 0 Å². The van der Waals surface area contributed by atoms with Crippen LogP contribution in [-0.4, -0.2) is 55.9 Å². The van der Waals surface area contributed by atoms with Crippen molar-refractivity contribution >= 4 is 11.9 Å². The number of allylic oxidation sites excluding steroid dienone is 1. The number of aliphatic hydroxyl groups is 1. The number of benzene rings is 2. The standard InChI is InChI=1S/C29H34O11/c1-9-13(2)28(32)40-27-17-11-18(34-6)25(35-7)26(36-8)21(17)20-16(10-19-24(22(20)31)38-12-37-19)23(39-15(4)30)14(3)29(27,5)33/h9-11,14,23,27,31,33H,12H2,1-8H3. The average Bonchev–Trinajstić information content (AvgIpc) is 3.41. The summed E-state index contributed by atoms with van der Waals surface area (Å²) < 4.78 is 39.9. The SMILES string of the molecule is CC=C(C)C(=O)OC1c2cc(OC)c(OC)c(OC)c2-c2c(cc3c(c2O)OCO3)C(OC(C)=O)C(C)C1(C)O. The predicted octanol–water partition coefficient (Wildman–Crippen LogP) is 4.37. The Morgan fingerprint density at radius 1 is 1.00 bits per heavy atom. The maximum atomic E-state index is 13.1. The first-order valence-corrected chi connectivity index (χ1v) is 12.6. The zero-order chi connectivity index (χ0) is 29.5. The monoisotopic (exact) mass is 558 g/mol. The van der Waals surface area contributed by atoms with Crippen LogP contribution in [0, 0.1) is 5.92 Å². The first-order valence-electron chi connectivity index (χ1n) is 12.6. The van der Waals surface area contributed by atoms with Crippen molar-refractivity contribution in [3.05, 3.63) is 34.9 Å². The lowest BCUT2D eigenvalue weighted by Gasteiger charge is -2.43. The molecule has 4 atom stereocenters. The summed E-state index contributed by atoms with van der Waals surface area (Å²) in [7, 11) is 4.25. The number of phenols is 1. The third-order valence-corrected chi connectivity index (χ3v) is 7.55. The van der Waals surface area contributed by atoms with E-state index in [0.717, 1.165) is 0 Å². The van der Waals surface area contributed by atoms with Gasteiger partial charge >= 0.3 is 11.9 Å². The normalized spacial score (nSPS) is 23.2. The molecule has 11 nitrogen and oxygen atoms in total. The van der Waals surface area contributed by atoms with Crippen molar-refractivity contribution in [1.29, 1.82) is 0 Å². The first kappa shape index (κ1) is 28.9. The molecule has 0 bridgehead atoms. The lowest BCUT2D eigenvalue weighted by molar-refractivity contribution is -0.182. The molecule has 2 aromatic carbocycles. The van der Waals surface area contributed by atoms with Gasteiger partial charge in [-0.2, -0.15) is 0 Å².